The second-order valence-electron chi connectivity index (χ2n) is 6.17. The van der Waals surface area contributed by atoms with Crippen molar-refractivity contribution in [2.24, 2.45) is 11.1 Å². The predicted octanol–water partition coefficient (Wildman–Crippen LogP) is 4.43. The fourth-order valence-electron chi connectivity index (χ4n) is 2.94. The van der Waals surface area contributed by atoms with Crippen LogP contribution in [0.4, 0.5) is 4.39 Å². The van der Waals surface area contributed by atoms with Crippen molar-refractivity contribution in [3.8, 4) is 0 Å². The van der Waals surface area contributed by atoms with Crippen molar-refractivity contribution < 1.29 is 4.39 Å². The molecule has 1 aliphatic carbocycles. The van der Waals surface area contributed by atoms with E-state index in [0.717, 1.165) is 18.4 Å². The zero-order valence-corrected chi connectivity index (χ0v) is 12.7. The van der Waals surface area contributed by atoms with Crippen LogP contribution in [0.1, 0.15) is 45.1 Å². The SMILES string of the molecule is CC1(C)CCCCC1(N)Cc1ccc(F)c(Br)c1. The normalized spacial score (nSPS) is 27.2. The second-order valence-corrected chi connectivity index (χ2v) is 7.03. The molecule has 1 fully saturated rings. The number of hydrogen-bond acceptors (Lipinski definition) is 1. The molecule has 0 radical (unpaired) electrons. The molecule has 1 aliphatic rings. The van der Waals surface area contributed by atoms with Crippen LogP contribution in [0.5, 0.6) is 0 Å². The first-order valence-electron chi connectivity index (χ1n) is 6.57. The maximum atomic E-state index is 13.2. The molecule has 0 amide bonds. The van der Waals surface area contributed by atoms with Gasteiger partial charge in [-0.05, 0) is 58.3 Å². The highest BCUT2D eigenvalue weighted by Crippen LogP contribution is 2.44. The summed E-state index contributed by atoms with van der Waals surface area (Å²) in [5.41, 5.74) is 7.73. The molecular weight excluding hydrogens is 293 g/mol. The molecule has 1 unspecified atom stereocenters. The van der Waals surface area contributed by atoms with Gasteiger partial charge in [0.2, 0.25) is 0 Å². The van der Waals surface area contributed by atoms with Crippen LogP contribution in [0.2, 0.25) is 0 Å². The van der Waals surface area contributed by atoms with E-state index in [2.05, 4.69) is 29.8 Å². The van der Waals surface area contributed by atoms with Gasteiger partial charge in [0.05, 0.1) is 4.47 Å². The lowest BCUT2D eigenvalue weighted by Gasteiger charge is -2.48. The highest BCUT2D eigenvalue weighted by Gasteiger charge is 2.43. The summed E-state index contributed by atoms with van der Waals surface area (Å²) >= 11 is 3.24. The summed E-state index contributed by atoms with van der Waals surface area (Å²) < 4.78 is 13.8. The molecular formula is C15H21BrFN. The van der Waals surface area contributed by atoms with Gasteiger partial charge in [-0.15, -0.1) is 0 Å². The maximum Gasteiger partial charge on any atom is 0.137 e. The fourth-order valence-corrected chi connectivity index (χ4v) is 3.36. The van der Waals surface area contributed by atoms with Crippen molar-refractivity contribution in [1.29, 1.82) is 0 Å². The van der Waals surface area contributed by atoms with Crippen molar-refractivity contribution in [2.45, 2.75) is 51.5 Å². The fraction of sp³-hybridized carbons (Fsp3) is 0.600. The highest BCUT2D eigenvalue weighted by atomic mass is 79.9. The monoisotopic (exact) mass is 313 g/mol. The number of rotatable bonds is 2. The standard InChI is InChI=1S/C15H21BrFN/c1-14(2)7-3-4-8-15(14,18)10-11-5-6-13(17)12(16)9-11/h5-6,9H,3-4,7-8,10,18H2,1-2H3. The number of benzene rings is 1. The molecule has 0 aromatic heterocycles. The summed E-state index contributed by atoms with van der Waals surface area (Å²) in [6.07, 6.45) is 5.50. The van der Waals surface area contributed by atoms with E-state index in [0.29, 0.717) is 4.47 Å². The van der Waals surface area contributed by atoms with Crippen molar-refractivity contribution in [2.75, 3.05) is 0 Å². The Morgan fingerprint density at radius 3 is 2.56 bits per heavy atom. The molecule has 0 saturated heterocycles. The molecule has 0 aliphatic heterocycles. The van der Waals surface area contributed by atoms with E-state index in [-0.39, 0.29) is 16.8 Å². The van der Waals surface area contributed by atoms with Gasteiger partial charge in [-0.3, -0.25) is 0 Å². The lowest BCUT2D eigenvalue weighted by Crippen LogP contribution is -2.56. The average Bonchev–Trinajstić information content (AvgIpc) is 2.28. The minimum absolute atomic E-state index is 0.145. The van der Waals surface area contributed by atoms with Crippen LogP contribution in [-0.4, -0.2) is 5.54 Å². The first-order valence-corrected chi connectivity index (χ1v) is 7.36. The molecule has 1 aromatic carbocycles. The Bertz CT molecular complexity index is 444. The van der Waals surface area contributed by atoms with Gasteiger partial charge in [-0.25, -0.2) is 4.39 Å². The molecule has 0 bridgehead atoms. The molecule has 1 atom stereocenters. The third-order valence-electron chi connectivity index (χ3n) is 4.53. The highest BCUT2D eigenvalue weighted by molar-refractivity contribution is 9.10. The molecule has 18 heavy (non-hydrogen) atoms. The molecule has 0 heterocycles. The van der Waals surface area contributed by atoms with E-state index in [9.17, 15) is 4.39 Å². The van der Waals surface area contributed by atoms with Crippen molar-refractivity contribution in [3.05, 3.63) is 34.1 Å². The maximum absolute atomic E-state index is 13.2. The van der Waals surface area contributed by atoms with Gasteiger partial charge < -0.3 is 5.73 Å². The van der Waals surface area contributed by atoms with Gasteiger partial charge in [0.1, 0.15) is 5.82 Å². The number of nitrogens with two attached hydrogens (primary N) is 1. The van der Waals surface area contributed by atoms with Crippen LogP contribution in [0.25, 0.3) is 0 Å². The number of halogens is 2. The van der Waals surface area contributed by atoms with Gasteiger partial charge in [0, 0.05) is 5.54 Å². The summed E-state index contributed by atoms with van der Waals surface area (Å²) in [6, 6.07) is 5.21. The topological polar surface area (TPSA) is 26.0 Å². The van der Waals surface area contributed by atoms with E-state index in [1.165, 1.54) is 25.3 Å². The lowest BCUT2D eigenvalue weighted by molar-refractivity contribution is 0.0990. The molecule has 1 aromatic rings. The molecule has 0 spiro atoms. The van der Waals surface area contributed by atoms with Crippen LogP contribution in [-0.2, 0) is 6.42 Å². The van der Waals surface area contributed by atoms with Crippen molar-refractivity contribution >= 4 is 15.9 Å². The molecule has 2 rings (SSSR count). The third kappa shape index (κ3) is 2.62. The smallest absolute Gasteiger partial charge is 0.137 e. The van der Waals surface area contributed by atoms with E-state index in [4.69, 9.17) is 5.73 Å². The van der Waals surface area contributed by atoms with Crippen LogP contribution in [0.3, 0.4) is 0 Å². The summed E-state index contributed by atoms with van der Waals surface area (Å²) in [5.74, 6) is -0.215. The van der Waals surface area contributed by atoms with Crippen LogP contribution in [0, 0.1) is 11.2 Å². The lowest BCUT2D eigenvalue weighted by atomic mass is 9.61. The van der Waals surface area contributed by atoms with Crippen LogP contribution in [0.15, 0.2) is 22.7 Å². The predicted molar refractivity (Wildman–Crippen MR) is 77.0 cm³/mol. The first kappa shape index (κ1) is 14.0. The molecule has 2 N–H and O–H groups in total. The minimum atomic E-state index is -0.215. The molecule has 1 saturated carbocycles. The second kappa shape index (κ2) is 4.93. The van der Waals surface area contributed by atoms with E-state index < -0.39 is 0 Å². The van der Waals surface area contributed by atoms with E-state index in [1.807, 2.05) is 12.1 Å². The Labute approximate surface area is 117 Å². The Balaban J connectivity index is 2.23. The van der Waals surface area contributed by atoms with Gasteiger partial charge in [-0.2, -0.15) is 0 Å². The summed E-state index contributed by atoms with van der Waals surface area (Å²) in [4.78, 5) is 0. The Hall–Kier alpha value is -0.410. The number of hydrogen-bond donors (Lipinski definition) is 1. The van der Waals surface area contributed by atoms with Gasteiger partial charge in [0.15, 0.2) is 0 Å². The van der Waals surface area contributed by atoms with Crippen LogP contribution < -0.4 is 5.73 Å². The zero-order valence-electron chi connectivity index (χ0n) is 11.1. The largest absolute Gasteiger partial charge is 0.324 e. The van der Waals surface area contributed by atoms with Gasteiger partial charge in [-0.1, -0.05) is 32.8 Å². The van der Waals surface area contributed by atoms with Crippen LogP contribution >= 0.6 is 15.9 Å². The van der Waals surface area contributed by atoms with Gasteiger partial charge in [0.25, 0.3) is 0 Å². The summed E-state index contributed by atoms with van der Waals surface area (Å²) in [7, 11) is 0. The first-order chi connectivity index (χ1) is 8.34. The third-order valence-corrected chi connectivity index (χ3v) is 5.13. The Morgan fingerprint density at radius 1 is 1.28 bits per heavy atom. The van der Waals surface area contributed by atoms with E-state index in [1.54, 1.807) is 0 Å². The minimum Gasteiger partial charge on any atom is -0.324 e. The summed E-state index contributed by atoms with van der Waals surface area (Å²) in [6.45, 7) is 4.51. The molecule has 1 nitrogen and oxygen atoms in total. The van der Waals surface area contributed by atoms with Crippen molar-refractivity contribution in [1.82, 2.24) is 0 Å². The average molecular weight is 314 g/mol. The van der Waals surface area contributed by atoms with Crippen molar-refractivity contribution in [3.63, 3.8) is 0 Å². The Morgan fingerprint density at radius 2 is 1.94 bits per heavy atom. The molecule has 100 valence electrons. The quantitative estimate of drug-likeness (QED) is 0.859. The Kier molecular flexibility index (Phi) is 3.84. The van der Waals surface area contributed by atoms with E-state index >= 15 is 0 Å². The van der Waals surface area contributed by atoms with Gasteiger partial charge >= 0.3 is 0 Å². The summed E-state index contributed by atoms with van der Waals surface area (Å²) in [5, 5.41) is 0. The molecule has 3 heteroatoms. The zero-order chi connectivity index (χ0) is 13.4.